The quantitative estimate of drug-likeness (QED) is 0.475. The van der Waals surface area contributed by atoms with Crippen LogP contribution in [0.25, 0.3) is 0 Å². The van der Waals surface area contributed by atoms with Crippen LogP contribution in [-0.2, 0) is 4.79 Å². The summed E-state index contributed by atoms with van der Waals surface area (Å²) in [6, 6.07) is 0. The van der Waals surface area contributed by atoms with E-state index in [1.165, 1.54) is 0 Å². The number of hydrogen-bond acceptors (Lipinski definition) is 3. The molecule has 68 valence electrons. The van der Waals surface area contributed by atoms with Crippen LogP contribution in [0.1, 0.15) is 26.7 Å². The summed E-state index contributed by atoms with van der Waals surface area (Å²) in [7, 11) is 0. The van der Waals surface area contributed by atoms with Crippen molar-refractivity contribution in [1.82, 2.24) is 0 Å². The van der Waals surface area contributed by atoms with Crippen molar-refractivity contribution in [3.05, 3.63) is 11.4 Å². The Hall–Kier alpha value is -1.32. The summed E-state index contributed by atoms with van der Waals surface area (Å²) in [6.45, 7) is 3.62. The van der Waals surface area contributed by atoms with Gasteiger partial charge in [-0.2, -0.15) is 0 Å². The van der Waals surface area contributed by atoms with Gasteiger partial charge < -0.3 is 11.5 Å². The summed E-state index contributed by atoms with van der Waals surface area (Å²) >= 11 is 0. The Balaban J connectivity index is 4.37. The number of amides is 1. The third kappa shape index (κ3) is 3.75. The Bertz CT molecular complexity index is 214. The number of carbonyl (C=O) groups is 1. The first-order valence-corrected chi connectivity index (χ1v) is 3.88. The lowest BCUT2D eigenvalue weighted by Crippen LogP contribution is -2.16. The van der Waals surface area contributed by atoms with Gasteiger partial charge in [-0.25, -0.2) is 0 Å². The van der Waals surface area contributed by atoms with Crippen LogP contribution in [-0.4, -0.2) is 12.1 Å². The molecule has 0 bridgehead atoms. The molecule has 0 heterocycles. The molecule has 0 aromatic heterocycles. The van der Waals surface area contributed by atoms with Gasteiger partial charge in [-0.1, -0.05) is 13.3 Å². The molecule has 0 rings (SSSR count). The molecule has 0 aromatic rings. The number of allylic oxidation sites excluding steroid dienone is 1. The van der Waals surface area contributed by atoms with Gasteiger partial charge in [0, 0.05) is 11.9 Å². The van der Waals surface area contributed by atoms with Crippen LogP contribution >= 0.6 is 0 Å². The fourth-order valence-electron chi connectivity index (χ4n) is 0.645. The van der Waals surface area contributed by atoms with E-state index in [1.54, 1.807) is 13.1 Å². The number of primary amides is 1. The average molecular weight is 169 g/mol. The van der Waals surface area contributed by atoms with E-state index in [0.717, 1.165) is 12.8 Å². The van der Waals surface area contributed by atoms with Crippen LogP contribution in [0, 0.1) is 0 Å². The van der Waals surface area contributed by atoms with Gasteiger partial charge in [-0.05, 0) is 13.3 Å². The molecule has 4 N–H and O–H groups in total. The fraction of sp³-hybridized carbons (Fsp3) is 0.500. The molecular weight excluding hydrogens is 154 g/mol. The van der Waals surface area contributed by atoms with Crippen LogP contribution in [0.4, 0.5) is 0 Å². The van der Waals surface area contributed by atoms with E-state index in [4.69, 9.17) is 11.5 Å². The Morgan fingerprint density at radius 1 is 1.50 bits per heavy atom. The lowest BCUT2D eigenvalue weighted by molar-refractivity contribution is -0.114. The standard InChI is InChI=1S/C8H15N3O/c1-3-4-5-11-7(6(2)9)8(10)12/h5H,3-4,9H2,1-2H3,(H2,10,12)/b7-6+,11-5?. The van der Waals surface area contributed by atoms with E-state index >= 15 is 0 Å². The number of nitrogens with two attached hydrogens (primary N) is 2. The summed E-state index contributed by atoms with van der Waals surface area (Å²) in [6.07, 6.45) is 3.46. The molecule has 0 aliphatic carbocycles. The average Bonchev–Trinajstić information content (AvgIpc) is 1.96. The third-order valence-electron chi connectivity index (χ3n) is 1.25. The van der Waals surface area contributed by atoms with Gasteiger partial charge in [-0.3, -0.25) is 9.79 Å². The molecule has 0 fully saturated rings. The highest BCUT2D eigenvalue weighted by Crippen LogP contribution is 1.99. The molecule has 0 unspecified atom stereocenters. The van der Waals surface area contributed by atoms with Crippen molar-refractivity contribution in [3.8, 4) is 0 Å². The molecule has 0 atom stereocenters. The molecule has 1 amide bonds. The predicted molar refractivity (Wildman–Crippen MR) is 49.5 cm³/mol. The van der Waals surface area contributed by atoms with E-state index in [0.29, 0.717) is 5.70 Å². The van der Waals surface area contributed by atoms with Crippen molar-refractivity contribution in [2.75, 3.05) is 0 Å². The molecule has 0 saturated carbocycles. The second-order valence-electron chi connectivity index (χ2n) is 2.50. The molecule has 12 heavy (non-hydrogen) atoms. The first kappa shape index (κ1) is 10.7. The highest BCUT2D eigenvalue weighted by molar-refractivity contribution is 5.93. The number of hydrogen-bond donors (Lipinski definition) is 2. The smallest absolute Gasteiger partial charge is 0.269 e. The molecule has 4 heteroatoms. The van der Waals surface area contributed by atoms with Crippen LogP contribution in [0.5, 0.6) is 0 Å². The minimum atomic E-state index is -0.581. The summed E-state index contributed by atoms with van der Waals surface area (Å²) in [5.74, 6) is -0.581. The van der Waals surface area contributed by atoms with E-state index in [1.807, 2.05) is 6.92 Å². The summed E-state index contributed by atoms with van der Waals surface area (Å²) in [5, 5.41) is 0. The van der Waals surface area contributed by atoms with Crippen molar-refractivity contribution >= 4 is 12.1 Å². The Kier molecular flexibility index (Phi) is 4.76. The predicted octanol–water partition coefficient (Wildman–Crippen LogP) is 0.533. The maximum absolute atomic E-state index is 10.7. The van der Waals surface area contributed by atoms with Gasteiger partial charge >= 0.3 is 0 Å². The molecule has 4 nitrogen and oxygen atoms in total. The van der Waals surface area contributed by atoms with Crippen molar-refractivity contribution in [2.45, 2.75) is 26.7 Å². The lowest BCUT2D eigenvalue weighted by atomic mass is 10.3. The molecular formula is C8H15N3O. The summed E-state index contributed by atoms with van der Waals surface area (Å²) < 4.78 is 0. The number of carbonyl (C=O) groups excluding carboxylic acids is 1. The maximum atomic E-state index is 10.7. The Morgan fingerprint density at radius 3 is 2.42 bits per heavy atom. The molecule has 0 saturated heterocycles. The molecule has 0 radical (unpaired) electrons. The van der Waals surface area contributed by atoms with Crippen molar-refractivity contribution in [3.63, 3.8) is 0 Å². The second-order valence-corrected chi connectivity index (χ2v) is 2.50. The van der Waals surface area contributed by atoms with Crippen LogP contribution in [0.15, 0.2) is 16.4 Å². The molecule has 0 aromatic carbocycles. The highest BCUT2D eigenvalue weighted by Gasteiger charge is 2.03. The van der Waals surface area contributed by atoms with E-state index in [2.05, 4.69) is 4.99 Å². The SMILES string of the molecule is CCCC=N/C(C(N)=O)=C(\C)N. The second kappa shape index (κ2) is 5.35. The number of rotatable bonds is 4. The minimum Gasteiger partial charge on any atom is -0.400 e. The van der Waals surface area contributed by atoms with Gasteiger partial charge in [0.05, 0.1) is 0 Å². The first-order valence-electron chi connectivity index (χ1n) is 3.88. The minimum absolute atomic E-state index is 0.156. The number of aliphatic imine (C=N–C) groups is 1. The highest BCUT2D eigenvalue weighted by atomic mass is 16.1. The van der Waals surface area contributed by atoms with E-state index < -0.39 is 5.91 Å². The molecule has 0 aliphatic heterocycles. The zero-order chi connectivity index (χ0) is 9.56. The third-order valence-corrected chi connectivity index (χ3v) is 1.25. The van der Waals surface area contributed by atoms with E-state index in [-0.39, 0.29) is 5.70 Å². The number of nitrogens with zero attached hydrogens (tertiary/aromatic N) is 1. The van der Waals surface area contributed by atoms with Gasteiger partial charge in [0.1, 0.15) is 5.70 Å². The van der Waals surface area contributed by atoms with Crippen molar-refractivity contribution in [2.24, 2.45) is 16.5 Å². The number of unbranched alkanes of at least 4 members (excludes halogenated alkanes) is 1. The Labute approximate surface area is 72.3 Å². The van der Waals surface area contributed by atoms with Gasteiger partial charge in [0.15, 0.2) is 0 Å². The van der Waals surface area contributed by atoms with Crippen molar-refractivity contribution in [1.29, 1.82) is 0 Å². The van der Waals surface area contributed by atoms with Crippen LogP contribution in [0.3, 0.4) is 0 Å². The summed E-state index contributed by atoms with van der Waals surface area (Å²) in [5.41, 5.74) is 10.9. The largest absolute Gasteiger partial charge is 0.400 e. The normalized spacial score (nSPS) is 13.2. The zero-order valence-electron chi connectivity index (χ0n) is 7.50. The van der Waals surface area contributed by atoms with Gasteiger partial charge in [-0.15, -0.1) is 0 Å². The topological polar surface area (TPSA) is 81.5 Å². The van der Waals surface area contributed by atoms with E-state index in [9.17, 15) is 4.79 Å². The first-order chi connectivity index (χ1) is 5.59. The van der Waals surface area contributed by atoms with Crippen molar-refractivity contribution < 1.29 is 4.79 Å². The lowest BCUT2D eigenvalue weighted by Gasteiger charge is -1.97. The monoisotopic (exact) mass is 169 g/mol. The maximum Gasteiger partial charge on any atom is 0.269 e. The van der Waals surface area contributed by atoms with Crippen LogP contribution < -0.4 is 11.5 Å². The Morgan fingerprint density at radius 2 is 2.08 bits per heavy atom. The molecule has 0 spiro atoms. The fourth-order valence-corrected chi connectivity index (χ4v) is 0.645. The van der Waals surface area contributed by atoms with Gasteiger partial charge in [0.25, 0.3) is 5.91 Å². The van der Waals surface area contributed by atoms with Crippen LogP contribution in [0.2, 0.25) is 0 Å². The van der Waals surface area contributed by atoms with Gasteiger partial charge in [0.2, 0.25) is 0 Å². The zero-order valence-corrected chi connectivity index (χ0v) is 7.50. The molecule has 0 aliphatic rings. The summed E-state index contributed by atoms with van der Waals surface area (Å²) in [4.78, 5) is 14.6.